The Morgan fingerprint density at radius 1 is 0.939 bits per heavy atom. The van der Waals surface area contributed by atoms with Crippen LogP contribution in [0, 0.1) is 0 Å². The lowest BCUT2D eigenvalue weighted by molar-refractivity contribution is 0.385. The number of aromatic amines is 1. The minimum atomic E-state index is -3.84. The fourth-order valence-electron chi connectivity index (χ4n) is 4.18. The van der Waals surface area contributed by atoms with Crippen molar-refractivity contribution < 1.29 is 12.8 Å². The fraction of sp³-hybridized carbons (Fsp3) is 0.227. The van der Waals surface area contributed by atoms with Crippen molar-refractivity contribution in [3.63, 3.8) is 0 Å². The van der Waals surface area contributed by atoms with E-state index in [1.165, 1.54) is 29.6 Å². The molecule has 1 N–H and O–H groups in total. The van der Waals surface area contributed by atoms with Gasteiger partial charge in [-0.25, -0.2) is 13.2 Å². The van der Waals surface area contributed by atoms with E-state index in [2.05, 4.69) is 9.88 Å². The van der Waals surface area contributed by atoms with E-state index in [1.54, 1.807) is 0 Å². The van der Waals surface area contributed by atoms with Gasteiger partial charge in [0, 0.05) is 44.3 Å². The minimum absolute atomic E-state index is 0.0111. The molecule has 0 bridgehead atoms. The van der Waals surface area contributed by atoms with Crippen LogP contribution in [-0.4, -0.2) is 48.5 Å². The molecule has 0 unspecified atom stereocenters. The van der Waals surface area contributed by atoms with Gasteiger partial charge in [-0.1, -0.05) is 18.2 Å². The summed E-state index contributed by atoms with van der Waals surface area (Å²) in [6, 6.07) is 13.9. The highest BCUT2D eigenvalue weighted by molar-refractivity contribution is 7.89. The van der Waals surface area contributed by atoms with Crippen molar-refractivity contribution in [1.82, 2.24) is 13.9 Å². The molecule has 2 aromatic heterocycles. The van der Waals surface area contributed by atoms with Gasteiger partial charge in [0.05, 0.1) is 10.4 Å². The fourth-order valence-corrected chi connectivity index (χ4v) is 5.63. The predicted molar refractivity (Wildman–Crippen MR) is 123 cm³/mol. The van der Waals surface area contributed by atoms with E-state index in [0.717, 1.165) is 10.3 Å². The summed E-state index contributed by atoms with van der Waals surface area (Å²) >= 11 is 0. The molecule has 0 aliphatic carbocycles. The van der Waals surface area contributed by atoms with Crippen LogP contribution in [0.25, 0.3) is 22.0 Å². The van der Waals surface area contributed by atoms with Crippen molar-refractivity contribution in [2.45, 2.75) is 4.90 Å². The molecular formula is C22H20N4O6S. The van der Waals surface area contributed by atoms with Crippen LogP contribution in [0.15, 0.2) is 72.2 Å². The zero-order chi connectivity index (χ0) is 23.3. The van der Waals surface area contributed by atoms with Gasteiger partial charge in [-0.3, -0.25) is 9.59 Å². The minimum Gasteiger partial charge on any atom is -0.421 e. The van der Waals surface area contributed by atoms with Gasteiger partial charge in [-0.15, -0.1) is 0 Å². The quantitative estimate of drug-likeness (QED) is 0.268. The average molecular weight is 468 g/mol. The standard InChI is InChI=1S/C22H20N4O6S/c1-24-19-16-13-15(7-8-17(16)32-22(29)18(19)23-20(27)21(24)28)33(30,31)26-11-9-25(10-12-26)14-5-3-2-4-6-14/h2-8,13H,9-12H2,1H3,(H,23,27). The van der Waals surface area contributed by atoms with E-state index in [0.29, 0.717) is 26.2 Å². The van der Waals surface area contributed by atoms with Crippen LogP contribution in [0.4, 0.5) is 5.69 Å². The first-order valence-electron chi connectivity index (χ1n) is 10.3. The molecule has 0 radical (unpaired) electrons. The third kappa shape index (κ3) is 3.45. The number of anilines is 1. The number of piperazine rings is 1. The number of hydrogen-bond donors (Lipinski definition) is 1. The van der Waals surface area contributed by atoms with Crippen molar-refractivity contribution in [3.8, 4) is 0 Å². The molecule has 170 valence electrons. The molecule has 0 atom stereocenters. The van der Waals surface area contributed by atoms with Gasteiger partial charge < -0.3 is 18.9 Å². The lowest BCUT2D eigenvalue weighted by Gasteiger charge is -2.35. The molecule has 0 saturated carbocycles. The third-order valence-corrected chi connectivity index (χ3v) is 7.81. The zero-order valence-corrected chi connectivity index (χ0v) is 18.5. The second-order valence-electron chi connectivity index (χ2n) is 7.82. The van der Waals surface area contributed by atoms with E-state index in [4.69, 9.17) is 4.42 Å². The molecule has 1 aliphatic rings. The van der Waals surface area contributed by atoms with Crippen LogP contribution >= 0.6 is 0 Å². The Bertz CT molecular complexity index is 1660. The van der Waals surface area contributed by atoms with Gasteiger partial charge >= 0.3 is 16.7 Å². The maximum absolute atomic E-state index is 13.4. The number of sulfonamides is 1. The number of nitrogens with zero attached hydrogens (tertiary/aromatic N) is 3. The number of H-pyrrole nitrogens is 1. The smallest absolute Gasteiger partial charge is 0.362 e. The number of rotatable bonds is 3. The summed E-state index contributed by atoms with van der Waals surface area (Å²) in [6.45, 7) is 1.71. The summed E-state index contributed by atoms with van der Waals surface area (Å²) in [7, 11) is -2.49. The topological polar surface area (TPSA) is 126 Å². The van der Waals surface area contributed by atoms with Crippen LogP contribution in [-0.2, 0) is 17.1 Å². The molecule has 4 aromatic rings. The average Bonchev–Trinajstić information content (AvgIpc) is 2.83. The van der Waals surface area contributed by atoms with Crippen LogP contribution < -0.4 is 21.6 Å². The van der Waals surface area contributed by atoms with Crippen molar-refractivity contribution in [1.29, 1.82) is 0 Å². The lowest BCUT2D eigenvalue weighted by atomic mass is 10.2. The van der Waals surface area contributed by atoms with Gasteiger partial charge in [-0.05, 0) is 30.3 Å². The van der Waals surface area contributed by atoms with Gasteiger partial charge in [-0.2, -0.15) is 4.31 Å². The van der Waals surface area contributed by atoms with Crippen molar-refractivity contribution in [2.75, 3.05) is 31.1 Å². The first-order chi connectivity index (χ1) is 15.8. The van der Waals surface area contributed by atoms with Crippen molar-refractivity contribution >= 4 is 37.7 Å². The third-order valence-electron chi connectivity index (χ3n) is 5.92. The molecule has 1 fully saturated rings. The predicted octanol–water partition coefficient (Wildman–Crippen LogP) is 0.844. The number of fused-ring (bicyclic) bond motifs is 3. The molecule has 5 rings (SSSR count). The van der Waals surface area contributed by atoms with E-state index in [9.17, 15) is 22.8 Å². The summed E-state index contributed by atoms with van der Waals surface area (Å²) in [5.74, 6) is 0. The number of aryl methyl sites for hydroxylation is 1. The number of nitrogens with one attached hydrogen (secondary N) is 1. The number of benzene rings is 2. The molecule has 1 aliphatic heterocycles. The first kappa shape index (κ1) is 21.2. The molecule has 0 amide bonds. The van der Waals surface area contributed by atoms with E-state index in [-0.39, 0.29) is 26.9 Å². The van der Waals surface area contributed by atoms with Crippen molar-refractivity contribution in [2.24, 2.45) is 7.05 Å². The maximum Gasteiger partial charge on any atom is 0.362 e. The first-order valence-corrected chi connectivity index (χ1v) is 11.7. The Morgan fingerprint density at radius 3 is 2.33 bits per heavy atom. The summed E-state index contributed by atoms with van der Waals surface area (Å²) in [5.41, 5.74) is -1.58. The summed E-state index contributed by atoms with van der Waals surface area (Å²) in [4.78, 5) is 40.7. The van der Waals surface area contributed by atoms with Gasteiger partial charge in [0.15, 0.2) is 5.52 Å². The summed E-state index contributed by atoms with van der Waals surface area (Å²) < 4.78 is 34.4. The molecule has 1 saturated heterocycles. The second kappa shape index (κ2) is 7.71. The highest BCUT2D eigenvalue weighted by Crippen LogP contribution is 2.26. The van der Waals surface area contributed by atoms with Gasteiger partial charge in [0.2, 0.25) is 10.0 Å². The SMILES string of the molecule is Cn1c(=O)c(=O)[nH]c2c(=O)oc3ccc(S(=O)(=O)N4CCN(c5ccccc5)CC4)cc3c21. The Morgan fingerprint density at radius 2 is 1.64 bits per heavy atom. The molecule has 3 heterocycles. The Kier molecular flexibility index (Phi) is 4.94. The zero-order valence-electron chi connectivity index (χ0n) is 17.6. The van der Waals surface area contributed by atoms with Gasteiger partial charge in [0.25, 0.3) is 0 Å². The van der Waals surface area contributed by atoms with E-state index < -0.39 is 26.8 Å². The number of hydrogen-bond acceptors (Lipinski definition) is 7. The molecule has 11 heteroatoms. The highest BCUT2D eigenvalue weighted by Gasteiger charge is 2.29. The largest absolute Gasteiger partial charge is 0.421 e. The van der Waals surface area contributed by atoms with Gasteiger partial charge in [0.1, 0.15) is 5.58 Å². The highest BCUT2D eigenvalue weighted by atomic mass is 32.2. The summed E-state index contributed by atoms with van der Waals surface area (Å²) in [6.07, 6.45) is 0. The van der Waals surface area contributed by atoms with Crippen molar-refractivity contribution in [3.05, 3.63) is 79.7 Å². The second-order valence-corrected chi connectivity index (χ2v) is 9.75. The van der Waals surface area contributed by atoms with Crippen LogP contribution in [0.3, 0.4) is 0 Å². The molecule has 0 spiro atoms. The maximum atomic E-state index is 13.4. The van der Waals surface area contributed by atoms with E-state index in [1.807, 2.05) is 30.3 Å². The molecule has 10 nitrogen and oxygen atoms in total. The molecular weight excluding hydrogens is 448 g/mol. The van der Waals surface area contributed by atoms with Crippen LogP contribution in [0.5, 0.6) is 0 Å². The number of aromatic nitrogens is 2. The van der Waals surface area contributed by atoms with Crippen LogP contribution in [0.2, 0.25) is 0 Å². The monoisotopic (exact) mass is 468 g/mol. The summed E-state index contributed by atoms with van der Waals surface area (Å²) in [5, 5.41) is 0.240. The van der Waals surface area contributed by atoms with E-state index >= 15 is 0 Å². The Hall–Kier alpha value is -3.70. The lowest BCUT2D eigenvalue weighted by Crippen LogP contribution is -2.48. The Labute approximate surface area is 187 Å². The Balaban J connectivity index is 1.56. The normalized spacial score (nSPS) is 15.4. The van der Waals surface area contributed by atoms with Crippen LogP contribution in [0.1, 0.15) is 0 Å². The molecule has 2 aromatic carbocycles. The number of para-hydroxylation sites is 1. The molecule has 33 heavy (non-hydrogen) atoms.